The van der Waals surface area contributed by atoms with E-state index in [0.717, 1.165) is 16.3 Å². The van der Waals surface area contributed by atoms with Crippen molar-refractivity contribution in [3.63, 3.8) is 0 Å². The summed E-state index contributed by atoms with van der Waals surface area (Å²) in [5.41, 5.74) is 2.45. The molecule has 0 atom stereocenters. The van der Waals surface area contributed by atoms with E-state index in [-0.39, 0.29) is 17.2 Å². The van der Waals surface area contributed by atoms with E-state index in [4.69, 9.17) is 17.8 Å². The van der Waals surface area contributed by atoms with Gasteiger partial charge in [-0.15, -0.1) is 0 Å². The Morgan fingerprint density at radius 2 is 1.93 bits per heavy atom. The first-order chi connectivity index (χ1) is 16.5. The Bertz CT molecular complexity index is 1580. The Hall–Kier alpha value is -3.12. The van der Waals surface area contributed by atoms with Crippen molar-refractivity contribution < 1.29 is 17.2 Å². The smallest absolute Gasteiger partial charge is 0.216 e. The second-order valence-corrected chi connectivity index (χ2v) is 8.77. The minimum atomic E-state index is -2.61. The van der Waals surface area contributed by atoms with E-state index in [2.05, 4.69) is 4.85 Å². The van der Waals surface area contributed by atoms with Gasteiger partial charge >= 0.3 is 0 Å². The zero-order valence-electron chi connectivity index (χ0n) is 24.2. The molecule has 30 heavy (non-hydrogen) atoms. The lowest BCUT2D eigenvalue weighted by atomic mass is 9.85. The molecule has 0 amide bonds. The molecule has 0 fully saturated rings. The zero-order valence-corrected chi connectivity index (χ0v) is 18.2. The summed E-state index contributed by atoms with van der Waals surface area (Å²) in [4.78, 5) is 3.48. The highest BCUT2D eigenvalue weighted by Gasteiger charge is 2.25. The molecule has 2 aromatic carbocycles. The molecule has 3 nitrogen and oxygen atoms in total. The molecule has 0 unspecified atom stereocenters. The minimum absolute atomic E-state index is 0.122. The summed E-state index contributed by atoms with van der Waals surface area (Å²) in [6.07, 6.45) is -2.11. The molecule has 0 N–H and O–H groups in total. The van der Waals surface area contributed by atoms with Gasteiger partial charge < -0.3 is 4.42 Å². The van der Waals surface area contributed by atoms with Crippen LogP contribution in [0, 0.1) is 32.7 Å². The van der Waals surface area contributed by atoms with Crippen LogP contribution in [0.15, 0.2) is 40.8 Å². The largest absolute Gasteiger partial charge is 0.456 e. The molecule has 2 aromatic heterocycles. The van der Waals surface area contributed by atoms with Crippen LogP contribution in [0.25, 0.3) is 38.0 Å². The maximum Gasteiger partial charge on any atom is 0.216 e. The summed E-state index contributed by atoms with van der Waals surface area (Å²) in [7, 11) is 1.70. The Balaban J connectivity index is 2.22. The highest BCUT2D eigenvalue weighted by atomic mass is 16.3. The van der Waals surface area contributed by atoms with E-state index < -0.39 is 18.6 Å². The Kier molecular flexibility index (Phi) is 3.26. The Labute approximate surface area is 187 Å². The van der Waals surface area contributed by atoms with E-state index in [1.54, 1.807) is 51.4 Å². The van der Waals surface area contributed by atoms with Gasteiger partial charge in [0, 0.05) is 36.2 Å². The fraction of sp³-hybridized carbons (Fsp3) is 0.333. The van der Waals surface area contributed by atoms with E-state index >= 15 is 0 Å². The van der Waals surface area contributed by atoms with Gasteiger partial charge in [-0.2, -0.15) is 4.57 Å². The number of furan rings is 1. The summed E-state index contributed by atoms with van der Waals surface area (Å²) in [5.74, 6) is 0. The second kappa shape index (κ2) is 6.99. The van der Waals surface area contributed by atoms with Crippen molar-refractivity contribution in [3.05, 3.63) is 70.2 Å². The molecule has 0 saturated heterocycles. The maximum absolute atomic E-state index is 9.26. The molecule has 0 bridgehead atoms. The van der Waals surface area contributed by atoms with Gasteiger partial charge in [0.05, 0.1) is 13.5 Å². The lowest BCUT2D eigenvalue weighted by Crippen LogP contribution is -2.36. The average molecular weight is 404 g/mol. The number of pyridine rings is 1. The number of aromatic nitrogens is 1. The summed E-state index contributed by atoms with van der Waals surface area (Å²) in [5, 5.41) is 1.63. The maximum atomic E-state index is 9.26. The first kappa shape index (κ1) is 14.0. The lowest BCUT2D eigenvalue weighted by molar-refractivity contribution is -0.667. The van der Waals surface area contributed by atoms with Gasteiger partial charge in [0.2, 0.25) is 5.69 Å². The van der Waals surface area contributed by atoms with Crippen LogP contribution in [0.3, 0.4) is 0 Å². The van der Waals surface area contributed by atoms with Crippen LogP contribution in [0.4, 0.5) is 5.69 Å². The SMILES string of the molecule is [2H]c1c(C([2H])([2H])C(C)(C)C)c(C([2H])([2H])[2H])c(C)[n+](C)c1-c1c(C)ccc2c1oc1cc([N+]#[C-])ccc12. The third-order valence-corrected chi connectivity index (χ3v) is 5.39. The van der Waals surface area contributed by atoms with Crippen molar-refractivity contribution in [2.45, 2.75) is 47.8 Å². The summed E-state index contributed by atoms with van der Waals surface area (Å²) >= 11 is 0. The summed E-state index contributed by atoms with van der Waals surface area (Å²) < 4.78 is 59.8. The normalized spacial score (nSPS) is 15.8. The number of aryl methyl sites for hydroxylation is 1. The van der Waals surface area contributed by atoms with Crippen molar-refractivity contribution >= 4 is 27.6 Å². The van der Waals surface area contributed by atoms with Gasteiger partial charge in [-0.25, -0.2) is 4.85 Å². The van der Waals surface area contributed by atoms with Crippen LogP contribution >= 0.6 is 0 Å². The van der Waals surface area contributed by atoms with E-state index in [1.165, 1.54) is 0 Å². The Morgan fingerprint density at radius 1 is 1.20 bits per heavy atom. The van der Waals surface area contributed by atoms with Crippen molar-refractivity contribution in [2.75, 3.05) is 0 Å². The second-order valence-electron chi connectivity index (χ2n) is 8.77. The van der Waals surface area contributed by atoms with Gasteiger partial charge in [0.25, 0.3) is 0 Å². The summed E-state index contributed by atoms with van der Waals surface area (Å²) in [6.45, 7) is 13.4. The quantitative estimate of drug-likeness (QED) is 0.257. The van der Waals surface area contributed by atoms with E-state index in [9.17, 15) is 1.37 Å². The molecule has 4 rings (SSSR count). The van der Waals surface area contributed by atoms with Crippen LogP contribution in [-0.2, 0) is 13.4 Å². The van der Waals surface area contributed by atoms with Crippen LogP contribution in [0.1, 0.15) is 51.4 Å². The third-order valence-electron chi connectivity index (χ3n) is 5.39. The monoisotopic (exact) mass is 403 g/mol. The third kappa shape index (κ3) is 3.27. The van der Waals surface area contributed by atoms with Gasteiger partial charge in [-0.05, 0) is 42.8 Å². The molecular weight excluding hydrogens is 368 g/mol. The molecule has 0 aliphatic carbocycles. The van der Waals surface area contributed by atoms with Crippen molar-refractivity contribution in [2.24, 2.45) is 12.5 Å². The zero-order chi connectivity index (χ0) is 27.0. The van der Waals surface area contributed by atoms with Crippen molar-refractivity contribution in [1.29, 1.82) is 0 Å². The average Bonchev–Trinajstić information content (AvgIpc) is 3.13. The lowest BCUT2D eigenvalue weighted by Gasteiger charge is -2.20. The first-order valence-electron chi connectivity index (χ1n) is 12.9. The van der Waals surface area contributed by atoms with Crippen LogP contribution in [0.2, 0.25) is 0 Å². The summed E-state index contributed by atoms with van der Waals surface area (Å²) in [6, 6.07) is 8.91. The number of hydrogen-bond donors (Lipinski definition) is 0. The first-order valence-corrected chi connectivity index (χ1v) is 9.90. The molecular formula is C27H29N2O+. The number of fused-ring (bicyclic) bond motifs is 3. The van der Waals surface area contributed by atoms with Crippen LogP contribution < -0.4 is 4.57 Å². The van der Waals surface area contributed by atoms with Crippen molar-refractivity contribution in [1.82, 2.24) is 0 Å². The highest BCUT2D eigenvalue weighted by molar-refractivity contribution is 6.10. The van der Waals surface area contributed by atoms with Crippen LogP contribution in [0.5, 0.6) is 0 Å². The van der Waals surface area contributed by atoms with Gasteiger partial charge in [-0.3, -0.25) is 0 Å². The molecule has 0 saturated carbocycles. The predicted molar refractivity (Wildman–Crippen MR) is 124 cm³/mol. The number of nitrogens with zero attached hydrogens (tertiary/aromatic N) is 2. The van der Waals surface area contributed by atoms with Crippen molar-refractivity contribution in [3.8, 4) is 11.3 Å². The Morgan fingerprint density at radius 3 is 2.60 bits per heavy atom. The molecule has 4 aromatic rings. The molecule has 0 radical (unpaired) electrons. The predicted octanol–water partition coefficient (Wildman–Crippen LogP) is 7.14. The topological polar surface area (TPSA) is 21.4 Å². The van der Waals surface area contributed by atoms with Crippen LogP contribution in [-0.4, -0.2) is 0 Å². The fourth-order valence-electron chi connectivity index (χ4n) is 3.77. The standard InChI is InChI=1S/C27H29N2O/c1-16-9-11-22-21-12-10-20(28-7)14-24(21)30-26(22)25(16)23-13-19(15-27(4,5)6)17(2)18(3)29(23)8/h9-14H,15H2,1-6,8H3/q+1/i2D3,13D,15D2. The molecule has 0 aliphatic rings. The van der Waals surface area contributed by atoms with E-state index in [0.29, 0.717) is 33.8 Å². The molecule has 0 aliphatic heterocycles. The highest BCUT2D eigenvalue weighted by Crippen LogP contribution is 2.39. The number of rotatable bonds is 2. The molecule has 3 heteroatoms. The fourth-order valence-corrected chi connectivity index (χ4v) is 3.77. The number of hydrogen-bond acceptors (Lipinski definition) is 1. The van der Waals surface area contributed by atoms with E-state index in [1.807, 2.05) is 25.1 Å². The minimum Gasteiger partial charge on any atom is -0.456 e. The number of benzene rings is 2. The molecule has 2 heterocycles. The molecule has 152 valence electrons. The van der Waals surface area contributed by atoms with Gasteiger partial charge in [0.1, 0.15) is 18.2 Å². The van der Waals surface area contributed by atoms with Gasteiger partial charge in [0.15, 0.2) is 11.4 Å². The van der Waals surface area contributed by atoms with Gasteiger partial charge in [-0.1, -0.05) is 45.0 Å². The molecule has 0 spiro atoms.